The van der Waals surface area contributed by atoms with Gasteiger partial charge in [0, 0.05) is 25.5 Å². The van der Waals surface area contributed by atoms with Crippen LogP contribution in [0.5, 0.6) is 6.01 Å². The Bertz CT molecular complexity index is 308. The molecular formula is C8H9BrFN3O. The lowest BCUT2D eigenvalue weighted by Crippen LogP contribution is -2.27. The molecule has 4 nitrogen and oxygen atoms in total. The molecule has 1 aliphatic heterocycles. The monoisotopic (exact) mass is 261 g/mol. The summed E-state index contributed by atoms with van der Waals surface area (Å²) in [5.41, 5.74) is 0. The summed E-state index contributed by atoms with van der Waals surface area (Å²) in [6.45, 7) is 0.835. The van der Waals surface area contributed by atoms with Crippen molar-refractivity contribution in [1.82, 2.24) is 15.3 Å². The highest BCUT2D eigenvalue weighted by molar-refractivity contribution is 9.10. The maximum absolute atomic E-state index is 13.1. The van der Waals surface area contributed by atoms with Crippen LogP contribution in [-0.4, -0.2) is 35.3 Å². The molecular weight excluding hydrogens is 253 g/mol. The summed E-state index contributed by atoms with van der Waals surface area (Å²) in [5.74, 6) is 0. The lowest BCUT2D eigenvalue weighted by atomic mass is 10.3. The lowest BCUT2D eigenvalue weighted by molar-refractivity contribution is 0.128. The average Bonchev–Trinajstić information content (AvgIpc) is 2.56. The van der Waals surface area contributed by atoms with E-state index in [0.29, 0.717) is 13.1 Å². The van der Waals surface area contributed by atoms with E-state index in [9.17, 15) is 4.39 Å². The minimum Gasteiger partial charge on any atom is -0.456 e. The molecule has 0 aliphatic carbocycles. The van der Waals surface area contributed by atoms with Crippen LogP contribution in [0.3, 0.4) is 0 Å². The molecule has 2 rings (SSSR count). The fraction of sp³-hybridized carbons (Fsp3) is 0.500. The summed E-state index contributed by atoms with van der Waals surface area (Å²) in [6, 6.07) is 0.213. The van der Waals surface area contributed by atoms with Gasteiger partial charge in [0.15, 0.2) is 6.17 Å². The van der Waals surface area contributed by atoms with Crippen molar-refractivity contribution in [2.75, 3.05) is 13.1 Å². The number of rotatable bonds is 2. The van der Waals surface area contributed by atoms with E-state index in [-0.39, 0.29) is 6.01 Å². The molecule has 0 bridgehead atoms. The van der Waals surface area contributed by atoms with E-state index in [2.05, 4.69) is 31.2 Å². The Kier molecular flexibility index (Phi) is 2.93. The molecule has 76 valence electrons. The molecule has 0 radical (unpaired) electrons. The number of alkyl halides is 1. The fourth-order valence-electron chi connectivity index (χ4n) is 1.23. The normalized spacial score (nSPS) is 26.4. The standard InChI is InChI=1S/C8H9BrFN3O/c9-5-1-12-8(13-2-5)14-7-4-11-3-6(7)10/h1-2,6-7,11H,3-4H2. The minimum absolute atomic E-state index is 0.213. The third kappa shape index (κ3) is 2.19. The van der Waals surface area contributed by atoms with Gasteiger partial charge in [0.2, 0.25) is 0 Å². The van der Waals surface area contributed by atoms with Gasteiger partial charge in [0.25, 0.3) is 0 Å². The van der Waals surface area contributed by atoms with Gasteiger partial charge in [-0.05, 0) is 15.9 Å². The van der Waals surface area contributed by atoms with Gasteiger partial charge >= 0.3 is 6.01 Å². The van der Waals surface area contributed by atoms with Crippen LogP contribution in [0.25, 0.3) is 0 Å². The summed E-state index contributed by atoms with van der Waals surface area (Å²) in [4.78, 5) is 7.80. The van der Waals surface area contributed by atoms with Gasteiger partial charge in [0.1, 0.15) is 6.10 Å². The second kappa shape index (κ2) is 4.18. The first-order chi connectivity index (χ1) is 6.75. The number of hydrogen-bond acceptors (Lipinski definition) is 4. The molecule has 2 unspecified atom stereocenters. The zero-order chi connectivity index (χ0) is 9.97. The van der Waals surface area contributed by atoms with E-state index in [0.717, 1.165) is 4.47 Å². The van der Waals surface area contributed by atoms with E-state index in [1.54, 1.807) is 12.4 Å². The summed E-state index contributed by atoms with van der Waals surface area (Å²) < 4.78 is 19.1. The van der Waals surface area contributed by atoms with Crippen molar-refractivity contribution in [2.45, 2.75) is 12.3 Å². The first-order valence-corrected chi connectivity index (χ1v) is 5.04. The average molecular weight is 262 g/mol. The zero-order valence-corrected chi connectivity index (χ0v) is 8.87. The van der Waals surface area contributed by atoms with Gasteiger partial charge in [-0.25, -0.2) is 14.4 Å². The van der Waals surface area contributed by atoms with E-state index in [4.69, 9.17) is 4.74 Å². The third-order valence-corrected chi connectivity index (χ3v) is 2.35. The quantitative estimate of drug-likeness (QED) is 0.861. The van der Waals surface area contributed by atoms with Gasteiger partial charge in [-0.1, -0.05) is 0 Å². The van der Waals surface area contributed by atoms with Crippen molar-refractivity contribution >= 4 is 15.9 Å². The van der Waals surface area contributed by atoms with Gasteiger partial charge < -0.3 is 10.1 Å². The number of halogens is 2. The molecule has 0 spiro atoms. The molecule has 1 fully saturated rings. The predicted octanol–water partition coefficient (Wildman–Crippen LogP) is 0.928. The highest BCUT2D eigenvalue weighted by Gasteiger charge is 2.29. The highest BCUT2D eigenvalue weighted by Crippen LogP contribution is 2.13. The summed E-state index contributed by atoms with van der Waals surface area (Å²) in [7, 11) is 0. The van der Waals surface area contributed by atoms with Crippen LogP contribution in [0.1, 0.15) is 0 Å². The number of ether oxygens (including phenoxy) is 1. The maximum Gasteiger partial charge on any atom is 0.316 e. The Balaban J connectivity index is 2.00. The number of hydrogen-bond donors (Lipinski definition) is 1. The first kappa shape index (κ1) is 9.79. The SMILES string of the molecule is FC1CNCC1Oc1ncc(Br)cn1. The topological polar surface area (TPSA) is 47.0 Å². The summed E-state index contributed by atoms with van der Waals surface area (Å²) in [6.07, 6.45) is 1.68. The van der Waals surface area contributed by atoms with Crippen LogP contribution in [0.2, 0.25) is 0 Å². The minimum atomic E-state index is -0.984. The Labute approximate surface area is 89.0 Å². The van der Waals surface area contributed by atoms with E-state index in [1.165, 1.54) is 0 Å². The second-order valence-corrected chi connectivity index (χ2v) is 3.93. The predicted molar refractivity (Wildman–Crippen MR) is 51.9 cm³/mol. The van der Waals surface area contributed by atoms with Crippen LogP contribution in [0.15, 0.2) is 16.9 Å². The van der Waals surface area contributed by atoms with Gasteiger partial charge in [-0.2, -0.15) is 0 Å². The third-order valence-electron chi connectivity index (χ3n) is 1.94. The van der Waals surface area contributed by atoms with Gasteiger partial charge in [-0.15, -0.1) is 0 Å². The Morgan fingerprint density at radius 2 is 2.14 bits per heavy atom. The number of nitrogens with one attached hydrogen (secondary N) is 1. The molecule has 1 saturated heterocycles. The molecule has 1 aromatic heterocycles. The fourth-order valence-corrected chi connectivity index (χ4v) is 1.44. The van der Waals surface area contributed by atoms with E-state index < -0.39 is 12.3 Å². The Morgan fingerprint density at radius 3 is 2.71 bits per heavy atom. The number of aromatic nitrogens is 2. The van der Waals surface area contributed by atoms with Crippen LogP contribution < -0.4 is 10.1 Å². The summed E-state index contributed by atoms with van der Waals surface area (Å²) >= 11 is 3.20. The molecule has 6 heteroatoms. The van der Waals surface area contributed by atoms with Crippen molar-refractivity contribution < 1.29 is 9.13 Å². The number of nitrogens with zero attached hydrogens (tertiary/aromatic N) is 2. The van der Waals surface area contributed by atoms with Crippen LogP contribution in [0.4, 0.5) is 4.39 Å². The van der Waals surface area contributed by atoms with Crippen molar-refractivity contribution in [3.63, 3.8) is 0 Å². The Hall–Kier alpha value is -0.750. The lowest BCUT2D eigenvalue weighted by Gasteiger charge is -2.12. The molecule has 2 atom stereocenters. The van der Waals surface area contributed by atoms with Crippen molar-refractivity contribution in [1.29, 1.82) is 0 Å². The molecule has 0 saturated carbocycles. The molecule has 0 aromatic carbocycles. The van der Waals surface area contributed by atoms with Crippen LogP contribution >= 0.6 is 15.9 Å². The molecule has 0 amide bonds. The second-order valence-electron chi connectivity index (χ2n) is 3.01. The van der Waals surface area contributed by atoms with Crippen LogP contribution in [-0.2, 0) is 0 Å². The first-order valence-electron chi connectivity index (χ1n) is 4.24. The smallest absolute Gasteiger partial charge is 0.316 e. The van der Waals surface area contributed by atoms with Gasteiger partial charge in [0.05, 0.1) is 4.47 Å². The van der Waals surface area contributed by atoms with Crippen molar-refractivity contribution in [3.05, 3.63) is 16.9 Å². The van der Waals surface area contributed by atoms with Crippen LogP contribution in [0, 0.1) is 0 Å². The van der Waals surface area contributed by atoms with Gasteiger partial charge in [-0.3, -0.25) is 0 Å². The van der Waals surface area contributed by atoms with Crippen molar-refractivity contribution in [2.24, 2.45) is 0 Å². The van der Waals surface area contributed by atoms with E-state index in [1.807, 2.05) is 0 Å². The maximum atomic E-state index is 13.1. The Morgan fingerprint density at radius 1 is 1.43 bits per heavy atom. The van der Waals surface area contributed by atoms with E-state index >= 15 is 0 Å². The molecule has 2 heterocycles. The largest absolute Gasteiger partial charge is 0.456 e. The molecule has 1 N–H and O–H groups in total. The molecule has 1 aliphatic rings. The summed E-state index contributed by atoms with van der Waals surface area (Å²) in [5, 5.41) is 2.89. The molecule has 1 aromatic rings. The van der Waals surface area contributed by atoms with Crippen molar-refractivity contribution in [3.8, 4) is 6.01 Å². The highest BCUT2D eigenvalue weighted by atomic mass is 79.9. The zero-order valence-electron chi connectivity index (χ0n) is 7.28. The molecule has 14 heavy (non-hydrogen) atoms.